The van der Waals surface area contributed by atoms with Crippen LogP contribution in [0.3, 0.4) is 0 Å². The maximum Gasteiger partial charge on any atom is 0.246 e. The van der Waals surface area contributed by atoms with Crippen molar-refractivity contribution in [3.05, 3.63) is 47.0 Å². The highest BCUT2D eigenvalue weighted by molar-refractivity contribution is 5.77. The standard InChI is InChI=1S/C22H33N5O2/c1-16(2)12-19(23-21(28)15-29-4)22-25-24-20-8-9-26(10-11-27(20)22)14-18-7-5-6-17(3)13-18/h5-7,13,16,19H,8-12,14-15H2,1-4H3,(H,23,28)/t19-/m1/s1. The van der Waals surface area contributed by atoms with E-state index in [1.807, 2.05) is 0 Å². The Kier molecular flexibility index (Phi) is 7.39. The second kappa shape index (κ2) is 9.98. The van der Waals surface area contributed by atoms with Crippen molar-refractivity contribution in [2.45, 2.75) is 52.7 Å². The Morgan fingerprint density at radius 1 is 1.24 bits per heavy atom. The van der Waals surface area contributed by atoms with Gasteiger partial charge in [-0.1, -0.05) is 43.7 Å². The molecule has 1 atom stereocenters. The number of amides is 1. The molecule has 0 radical (unpaired) electrons. The van der Waals surface area contributed by atoms with E-state index in [0.717, 1.165) is 50.7 Å². The van der Waals surface area contributed by atoms with Gasteiger partial charge in [-0.05, 0) is 24.8 Å². The van der Waals surface area contributed by atoms with Crippen LogP contribution in [0.4, 0.5) is 0 Å². The molecular weight excluding hydrogens is 366 g/mol. The summed E-state index contributed by atoms with van der Waals surface area (Å²) in [5.41, 5.74) is 2.63. The Labute approximate surface area is 173 Å². The number of carbonyl (C=O) groups excluding carboxylic acids is 1. The van der Waals surface area contributed by atoms with Gasteiger partial charge in [0, 0.05) is 39.7 Å². The van der Waals surface area contributed by atoms with Crippen molar-refractivity contribution in [1.29, 1.82) is 0 Å². The van der Waals surface area contributed by atoms with E-state index >= 15 is 0 Å². The highest BCUT2D eigenvalue weighted by atomic mass is 16.5. The second-order valence-electron chi connectivity index (χ2n) is 8.32. The third-order valence-electron chi connectivity index (χ3n) is 5.27. The van der Waals surface area contributed by atoms with Gasteiger partial charge in [0.1, 0.15) is 12.4 Å². The van der Waals surface area contributed by atoms with Crippen molar-refractivity contribution in [3.63, 3.8) is 0 Å². The fraction of sp³-hybridized carbons (Fsp3) is 0.591. The Balaban J connectivity index is 1.72. The van der Waals surface area contributed by atoms with E-state index in [1.165, 1.54) is 18.2 Å². The largest absolute Gasteiger partial charge is 0.375 e. The van der Waals surface area contributed by atoms with Crippen molar-refractivity contribution in [3.8, 4) is 0 Å². The zero-order valence-electron chi connectivity index (χ0n) is 18.0. The van der Waals surface area contributed by atoms with Gasteiger partial charge in [-0.25, -0.2) is 0 Å². The third kappa shape index (κ3) is 5.87. The molecular formula is C22H33N5O2. The molecule has 1 N–H and O–H groups in total. The topological polar surface area (TPSA) is 72.3 Å². The fourth-order valence-corrected chi connectivity index (χ4v) is 3.94. The Bertz CT molecular complexity index is 817. The molecule has 2 aromatic rings. The summed E-state index contributed by atoms with van der Waals surface area (Å²) < 4.78 is 7.18. The smallest absolute Gasteiger partial charge is 0.246 e. The summed E-state index contributed by atoms with van der Waals surface area (Å²) in [5, 5.41) is 12.0. The molecule has 0 saturated heterocycles. The van der Waals surface area contributed by atoms with Crippen molar-refractivity contribution < 1.29 is 9.53 Å². The molecule has 1 amide bonds. The van der Waals surface area contributed by atoms with E-state index in [4.69, 9.17) is 4.74 Å². The summed E-state index contributed by atoms with van der Waals surface area (Å²) in [6, 6.07) is 8.54. The Morgan fingerprint density at radius 2 is 2.07 bits per heavy atom. The van der Waals surface area contributed by atoms with Gasteiger partial charge in [-0.2, -0.15) is 0 Å². The molecule has 1 aromatic heterocycles. The molecule has 7 heteroatoms. The number of nitrogens with zero attached hydrogens (tertiary/aromatic N) is 4. The molecule has 1 aliphatic heterocycles. The molecule has 0 unspecified atom stereocenters. The lowest BCUT2D eigenvalue weighted by atomic mass is 10.0. The molecule has 3 rings (SSSR count). The van der Waals surface area contributed by atoms with E-state index in [2.05, 4.69) is 70.0 Å². The van der Waals surface area contributed by atoms with Crippen LogP contribution in [0.15, 0.2) is 24.3 Å². The van der Waals surface area contributed by atoms with Crippen LogP contribution in [-0.2, 0) is 29.0 Å². The minimum Gasteiger partial charge on any atom is -0.375 e. The Hall–Kier alpha value is -2.25. The van der Waals surface area contributed by atoms with Crippen molar-refractivity contribution >= 4 is 5.91 Å². The number of rotatable bonds is 8. The molecule has 29 heavy (non-hydrogen) atoms. The SMILES string of the molecule is COCC(=O)N[C@H](CC(C)C)c1nnc2n1CCN(Cc1cccc(C)c1)CC2. The summed E-state index contributed by atoms with van der Waals surface area (Å²) in [6.07, 6.45) is 1.68. The predicted octanol–water partition coefficient (Wildman–Crippen LogP) is 2.49. The molecule has 1 aromatic carbocycles. The first-order valence-corrected chi connectivity index (χ1v) is 10.4. The van der Waals surface area contributed by atoms with Gasteiger partial charge in [0.25, 0.3) is 0 Å². The van der Waals surface area contributed by atoms with Crippen LogP contribution < -0.4 is 5.32 Å². The number of nitrogens with one attached hydrogen (secondary N) is 1. The molecule has 7 nitrogen and oxygen atoms in total. The number of aryl methyl sites for hydroxylation is 1. The number of carbonyl (C=O) groups is 1. The number of hydrogen-bond donors (Lipinski definition) is 1. The average Bonchev–Trinajstić information content (AvgIpc) is 2.96. The van der Waals surface area contributed by atoms with Crippen molar-refractivity contribution in [2.24, 2.45) is 5.92 Å². The zero-order chi connectivity index (χ0) is 20.8. The molecule has 0 aliphatic carbocycles. The van der Waals surface area contributed by atoms with Crippen molar-refractivity contribution in [1.82, 2.24) is 25.0 Å². The van der Waals surface area contributed by atoms with Crippen LogP contribution in [0.2, 0.25) is 0 Å². The second-order valence-corrected chi connectivity index (χ2v) is 8.32. The zero-order valence-corrected chi connectivity index (χ0v) is 18.0. The number of hydrogen-bond acceptors (Lipinski definition) is 5. The normalized spacial score (nSPS) is 15.8. The minimum absolute atomic E-state index is 0.0554. The number of fused-ring (bicyclic) bond motifs is 1. The van der Waals surface area contributed by atoms with Crippen LogP contribution >= 0.6 is 0 Å². The summed E-state index contributed by atoms with van der Waals surface area (Å²) in [7, 11) is 1.53. The third-order valence-corrected chi connectivity index (χ3v) is 5.27. The van der Waals surface area contributed by atoms with Crippen LogP contribution in [0.25, 0.3) is 0 Å². The summed E-state index contributed by atoms with van der Waals surface area (Å²) >= 11 is 0. The van der Waals surface area contributed by atoms with Gasteiger partial charge in [0.15, 0.2) is 5.82 Å². The van der Waals surface area contributed by atoms with Gasteiger partial charge in [-0.15, -0.1) is 10.2 Å². The van der Waals surface area contributed by atoms with E-state index in [-0.39, 0.29) is 18.6 Å². The average molecular weight is 400 g/mol. The van der Waals surface area contributed by atoms with E-state index in [0.29, 0.717) is 5.92 Å². The van der Waals surface area contributed by atoms with Crippen LogP contribution in [0.5, 0.6) is 0 Å². The summed E-state index contributed by atoms with van der Waals surface area (Å²) in [6.45, 7) is 10.2. The molecule has 0 saturated carbocycles. The highest BCUT2D eigenvalue weighted by Crippen LogP contribution is 2.22. The maximum absolute atomic E-state index is 12.1. The number of methoxy groups -OCH3 is 1. The van der Waals surface area contributed by atoms with Gasteiger partial charge in [0.05, 0.1) is 6.04 Å². The first-order chi connectivity index (χ1) is 14.0. The monoisotopic (exact) mass is 399 g/mol. The Morgan fingerprint density at radius 3 is 2.79 bits per heavy atom. The molecule has 0 bridgehead atoms. The molecule has 0 fully saturated rings. The fourth-order valence-electron chi connectivity index (χ4n) is 3.94. The van der Waals surface area contributed by atoms with Gasteiger partial charge in [0.2, 0.25) is 5.91 Å². The molecule has 158 valence electrons. The maximum atomic E-state index is 12.1. The number of aromatic nitrogens is 3. The van der Waals surface area contributed by atoms with Gasteiger partial charge < -0.3 is 14.6 Å². The van der Waals surface area contributed by atoms with Crippen LogP contribution in [0.1, 0.15) is 49.1 Å². The summed E-state index contributed by atoms with van der Waals surface area (Å²) in [4.78, 5) is 14.6. The molecule has 2 heterocycles. The predicted molar refractivity (Wildman–Crippen MR) is 112 cm³/mol. The lowest BCUT2D eigenvalue weighted by Gasteiger charge is -2.22. The number of benzene rings is 1. The first kappa shape index (κ1) is 21.5. The molecule has 0 spiro atoms. The summed E-state index contributed by atoms with van der Waals surface area (Å²) in [5.74, 6) is 2.17. The van der Waals surface area contributed by atoms with E-state index in [9.17, 15) is 4.79 Å². The number of ether oxygens (including phenoxy) is 1. The molecule has 1 aliphatic rings. The van der Waals surface area contributed by atoms with Crippen LogP contribution in [-0.4, -0.2) is 52.4 Å². The van der Waals surface area contributed by atoms with Crippen LogP contribution in [0, 0.1) is 12.8 Å². The van der Waals surface area contributed by atoms with Gasteiger partial charge >= 0.3 is 0 Å². The first-order valence-electron chi connectivity index (χ1n) is 10.4. The quantitative estimate of drug-likeness (QED) is 0.738. The highest BCUT2D eigenvalue weighted by Gasteiger charge is 2.26. The lowest BCUT2D eigenvalue weighted by Crippen LogP contribution is -2.34. The van der Waals surface area contributed by atoms with Gasteiger partial charge in [-0.3, -0.25) is 9.69 Å². The lowest BCUT2D eigenvalue weighted by molar-refractivity contribution is -0.125. The minimum atomic E-state index is -0.151. The van der Waals surface area contributed by atoms with Crippen molar-refractivity contribution in [2.75, 3.05) is 26.8 Å². The van der Waals surface area contributed by atoms with E-state index < -0.39 is 0 Å². The van der Waals surface area contributed by atoms with E-state index in [1.54, 1.807) is 0 Å².